The minimum absolute atomic E-state index is 0.317. The fourth-order valence-corrected chi connectivity index (χ4v) is 2.54. The summed E-state index contributed by atoms with van der Waals surface area (Å²) in [5.41, 5.74) is 2.23. The van der Waals surface area contributed by atoms with Gasteiger partial charge in [0.05, 0.1) is 18.2 Å². The molecule has 0 unspecified atom stereocenters. The van der Waals surface area contributed by atoms with Crippen LogP contribution in [-0.4, -0.2) is 25.0 Å². The first-order valence-electron chi connectivity index (χ1n) is 7.69. The van der Waals surface area contributed by atoms with E-state index in [1.54, 1.807) is 30.6 Å². The Hall–Kier alpha value is -3.10. The molecule has 1 amide bonds. The zero-order chi connectivity index (χ0) is 19.1. The molecule has 0 atom stereocenters. The lowest BCUT2D eigenvalue weighted by Crippen LogP contribution is -2.19. The van der Waals surface area contributed by atoms with Crippen molar-refractivity contribution in [3.8, 4) is 5.69 Å². The van der Waals surface area contributed by atoms with E-state index in [1.807, 2.05) is 18.4 Å². The summed E-state index contributed by atoms with van der Waals surface area (Å²) in [6.45, 7) is 3.85. The Labute approximate surface area is 147 Å². The van der Waals surface area contributed by atoms with Gasteiger partial charge in [0.1, 0.15) is 5.69 Å². The van der Waals surface area contributed by atoms with Gasteiger partial charge >= 0.3 is 6.18 Å². The van der Waals surface area contributed by atoms with Crippen LogP contribution < -0.4 is 5.32 Å². The first-order valence-corrected chi connectivity index (χ1v) is 7.69. The van der Waals surface area contributed by atoms with Crippen molar-refractivity contribution in [1.29, 1.82) is 0 Å². The minimum Gasteiger partial charge on any atom is -0.319 e. The highest BCUT2D eigenvalue weighted by Gasteiger charge is 2.36. The number of halogens is 3. The first-order chi connectivity index (χ1) is 12.2. The molecule has 0 bridgehead atoms. The van der Waals surface area contributed by atoms with Crippen LogP contribution in [0.15, 0.2) is 36.8 Å². The average molecular weight is 363 g/mol. The molecule has 0 saturated carbocycles. The predicted octanol–water partition coefficient (Wildman–Crippen LogP) is 3.49. The molecule has 1 N–H and O–H groups in total. The Morgan fingerprint density at radius 2 is 1.77 bits per heavy atom. The number of amides is 1. The van der Waals surface area contributed by atoms with E-state index >= 15 is 0 Å². The third-order valence-corrected chi connectivity index (χ3v) is 4.14. The zero-order valence-corrected chi connectivity index (χ0v) is 14.3. The van der Waals surface area contributed by atoms with Crippen molar-refractivity contribution in [2.24, 2.45) is 7.05 Å². The summed E-state index contributed by atoms with van der Waals surface area (Å²) in [7, 11) is 1.15. The van der Waals surface area contributed by atoms with Crippen LogP contribution >= 0.6 is 0 Å². The van der Waals surface area contributed by atoms with Gasteiger partial charge in [-0.1, -0.05) is 0 Å². The standard InChI is InChI=1S/C17H16F3N5O/c1-10-11(2)25(9-22-10)13-6-4-12(5-7-13)23-16(26)15-21-8-14(24(15)3)17(18,19)20/h4-9H,1-3H3,(H,23,26). The molecule has 3 rings (SSSR count). The number of anilines is 1. The monoisotopic (exact) mass is 363 g/mol. The molecule has 136 valence electrons. The molecule has 2 aromatic heterocycles. The number of carbonyl (C=O) groups is 1. The van der Waals surface area contributed by atoms with Crippen LogP contribution in [0.2, 0.25) is 0 Å². The molecule has 0 aliphatic rings. The number of nitrogens with zero attached hydrogens (tertiary/aromatic N) is 4. The molecule has 0 aliphatic carbocycles. The molecule has 3 aromatic rings. The van der Waals surface area contributed by atoms with E-state index in [2.05, 4.69) is 15.3 Å². The molecular formula is C17H16F3N5O. The molecule has 0 fully saturated rings. The first kappa shape index (κ1) is 17.7. The van der Waals surface area contributed by atoms with Crippen molar-refractivity contribution in [2.45, 2.75) is 20.0 Å². The smallest absolute Gasteiger partial charge is 0.319 e. The van der Waals surface area contributed by atoms with Crippen LogP contribution in [0.3, 0.4) is 0 Å². The van der Waals surface area contributed by atoms with Crippen LogP contribution in [-0.2, 0) is 13.2 Å². The van der Waals surface area contributed by atoms with E-state index < -0.39 is 17.8 Å². The minimum atomic E-state index is -4.57. The van der Waals surface area contributed by atoms with Crippen LogP contribution in [0.5, 0.6) is 0 Å². The lowest BCUT2D eigenvalue weighted by Gasteiger charge is -2.10. The second-order valence-corrected chi connectivity index (χ2v) is 5.81. The van der Waals surface area contributed by atoms with E-state index in [4.69, 9.17) is 0 Å². The van der Waals surface area contributed by atoms with Gasteiger partial charge in [-0.3, -0.25) is 4.79 Å². The zero-order valence-electron chi connectivity index (χ0n) is 14.3. The number of nitrogens with one attached hydrogen (secondary N) is 1. The number of hydrogen-bond donors (Lipinski definition) is 1. The molecule has 0 aliphatic heterocycles. The van der Waals surface area contributed by atoms with E-state index in [9.17, 15) is 18.0 Å². The maximum Gasteiger partial charge on any atom is 0.433 e. The summed E-state index contributed by atoms with van der Waals surface area (Å²) < 4.78 is 41.0. The molecule has 0 saturated heterocycles. The Morgan fingerprint density at radius 3 is 2.27 bits per heavy atom. The Balaban J connectivity index is 1.78. The number of carbonyl (C=O) groups excluding carboxylic acids is 1. The van der Waals surface area contributed by atoms with Crippen LogP contribution in [0.1, 0.15) is 27.7 Å². The van der Waals surface area contributed by atoms with Crippen LogP contribution in [0.4, 0.5) is 18.9 Å². The Morgan fingerprint density at radius 1 is 1.12 bits per heavy atom. The van der Waals surface area contributed by atoms with E-state index in [0.717, 1.165) is 28.7 Å². The number of aromatic nitrogens is 4. The van der Waals surface area contributed by atoms with Crippen molar-refractivity contribution < 1.29 is 18.0 Å². The van der Waals surface area contributed by atoms with Crippen molar-refractivity contribution in [3.63, 3.8) is 0 Å². The van der Waals surface area contributed by atoms with E-state index in [-0.39, 0.29) is 5.82 Å². The second kappa shape index (κ2) is 6.32. The fraction of sp³-hybridized carbons (Fsp3) is 0.235. The largest absolute Gasteiger partial charge is 0.433 e. The van der Waals surface area contributed by atoms with Gasteiger partial charge in [-0.25, -0.2) is 9.97 Å². The highest BCUT2D eigenvalue weighted by molar-refractivity contribution is 6.01. The van der Waals surface area contributed by atoms with Gasteiger partial charge in [0.2, 0.25) is 0 Å². The highest BCUT2D eigenvalue weighted by atomic mass is 19.4. The Bertz CT molecular complexity index is 954. The third kappa shape index (κ3) is 3.19. The summed E-state index contributed by atoms with van der Waals surface area (Å²) in [5.74, 6) is -1.03. The molecule has 26 heavy (non-hydrogen) atoms. The number of benzene rings is 1. The van der Waals surface area contributed by atoms with Gasteiger partial charge in [0.15, 0.2) is 5.82 Å². The molecule has 6 nitrogen and oxygen atoms in total. The van der Waals surface area contributed by atoms with Crippen LogP contribution in [0.25, 0.3) is 5.69 Å². The fourth-order valence-electron chi connectivity index (χ4n) is 2.54. The van der Waals surface area contributed by atoms with Gasteiger partial charge < -0.3 is 14.5 Å². The molecule has 9 heteroatoms. The SMILES string of the molecule is Cc1ncn(-c2ccc(NC(=O)c3ncc(C(F)(F)F)n3C)cc2)c1C. The number of alkyl halides is 3. The van der Waals surface area contributed by atoms with Gasteiger partial charge in [-0.15, -0.1) is 0 Å². The van der Waals surface area contributed by atoms with Crippen molar-refractivity contribution in [3.05, 3.63) is 59.7 Å². The van der Waals surface area contributed by atoms with Gasteiger partial charge in [0, 0.05) is 24.1 Å². The van der Waals surface area contributed by atoms with Gasteiger partial charge in [-0.05, 0) is 38.1 Å². The topological polar surface area (TPSA) is 64.7 Å². The number of rotatable bonds is 3. The average Bonchev–Trinajstić information content (AvgIpc) is 3.12. The maximum atomic E-state index is 12.8. The molecule has 2 heterocycles. The van der Waals surface area contributed by atoms with Gasteiger partial charge in [-0.2, -0.15) is 13.2 Å². The van der Waals surface area contributed by atoms with Crippen molar-refractivity contribution in [1.82, 2.24) is 19.1 Å². The Kier molecular flexibility index (Phi) is 4.31. The normalized spacial score (nSPS) is 11.6. The molecule has 0 radical (unpaired) electrons. The summed E-state index contributed by atoms with van der Waals surface area (Å²) in [5, 5.41) is 2.55. The summed E-state index contributed by atoms with van der Waals surface area (Å²) in [4.78, 5) is 20.0. The quantitative estimate of drug-likeness (QED) is 0.775. The number of imidazole rings is 2. The maximum absolute atomic E-state index is 12.8. The third-order valence-electron chi connectivity index (χ3n) is 4.14. The highest BCUT2D eigenvalue weighted by Crippen LogP contribution is 2.29. The summed E-state index contributed by atoms with van der Waals surface area (Å²) in [6, 6.07) is 6.89. The lowest BCUT2D eigenvalue weighted by molar-refractivity contribution is -0.143. The van der Waals surface area contributed by atoms with Gasteiger partial charge in [0.25, 0.3) is 5.91 Å². The summed E-state index contributed by atoms with van der Waals surface area (Å²) in [6.07, 6.45) is -2.23. The molecule has 0 spiro atoms. The van der Waals surface area contributed by atoms with E-state index in [1.165, 1.54) is 0 Å². The predicted molar refractivity (Wildman–Crippen MR) is 89.2 cm³/mol. The molecular weight excluding hydrogens is 347 g/mol. The van der Waals surface area contributed by atoms with E-state index in [0.29, 0.717) is 11.9 Å². The van der Waals surface area contributed by atoms with Crippen LogP contribution in [0, 0.1) is 13.8 Å². The van der Waals surface area contributed by atoms with Crippen molar-refractivity contribution in [2.75, 3.05) is 5.32 Å². The molecule has 1 aromatic carbocycles. The lowest BCUT2D eigenvalue weighted by atomic mass is 10.2. The second-order valence-electron chi connectivity index (χ2n) is 5.81. The van der Waals surface area contributed by atoms with Crippen molar-refractivity contribution >= 4 is 11.6 Å². The number of hydrogen-bond acceptors (Lipinski definition) is 3. The summed E-state index contributed by atoms with van der Waals surface area (Å²) >= 11 is 0. The number of aryl methyl sites for hydroxylation is 1.